The fourth-order valence-corrected chi connectivity index (χ4v) is 0. The van der Waals surface area contributed by atoms with E-state index in [2.05, 4.69) is 0 Å². The summed E-state index contributed by atoms with van der Waals surface area (Å²) in [7, 11) is -5.84. The molecule has 1 atom stereocenters. The molecule has 0 aliphatic heterocycles. The Morgan fingerprint density at radius 2 is 1.50 bits per heavy atom. The predicted octanol–water partition coefficient (Wildman–Crippen LogP) is 0.350. The number of aliphatic hydroxyl groups excluding tert-OH is 1. The standard InChI is InChI=1S/C4H8O2.CHF3O3S/c1-3(5)4(2)6;2-1(3,4)8(5,6)7/h3,5H,1-2H3;(H,5,6,7). The van der Waals surface area contributed by atoms with Gasteiger partial charge in [-0.3, -0.25) is 9.35 Å². The van der Waals surface area contributed by atoms with E-state index < -0.39 is 21.7 Å². The van der Waals surface area contributed by atoms with Gasteiger partial charge in [0.15, 0.2) is 5.78 Å². The van der Waals surface area contributed by atoms with Crippen LogP contribution in [0.25, 0.3) is 0 Å². The molecular formula is C5H9F3O5S. The molecule has 2 N–H and O–H groups in total. The summed E-state index contributed by atoms with van der Waals surface area (Å²) in [6, 6.07) is 0. The lowest BCUT2D eigenvalue weighted by Crippen LogP contribution is -2.21. The highest BCUT2D eigenvalue weighted by molar-refractivity contribution is 7.86. The predicted molar refractivity (Wildman–Crippen MR) is 40.0 cm³/mol. The van der Waals surface area contributed by atoms with Crippen molar-refractivity contribution >= 4 is 15.9 Å². The molecule has 14 heavy (non-hydrogen) atoms. The van der Waals surface area contributed by atoms with E-state index >= 15 is 0 Å². The molecule has 0 saturated heterocycles. The smallest absolute Gasteiger partial charge is 0.386 e. The van der Waals surface area contributed by atoms with Gasteiger partial charge < -0.3 is 5.11 Å². The molecule has 0 amide bonds. The lowest BCUT2D eigenvalue weighted by molar-refractivity contribution is -0.124. The fraction of sp³-hybridized carbons (Fsp3) is 0.800. The number of hydrogen-bond acceptors (Lipinski definition) is 4. The van der Waals surface area contributed by atoms with E-state index in [0.29, 0.717) is 0 Å². The first-order chi connectivity index (χ1) is 5.89. The maximum Gasteiger partial charge on any atom is 0.522 e. The summed E-state index contributed by atoms with van der Waals surface area (Å²) in [6.07, 6.45) is -0.787. The first-order valence-electron chi connectivity index (χ1n) is 3.12. The third kappa shape index (κ3) is 7.95. The molecule has 1 unspecified atom stereocenters. The van der Waals surface area contributed by atoms with Crippen molar-refractivity contribution in [3.8, 4) is 0 Å². The SMILES string of the molecule is CC(=O)C(C)O.O=S(=O)(O)C(F)(F)F. The highest BCUT2D eigenvalue weighted by atomic mass is 32.2. The molecule has 0 saturated carbocycles. The zero-order chi connectivity index (χ0) is 12.2. The summed E-state index contributed by atoms with van der Waals surface area (Å²) in [5.74, 6) is -0.185. The lowest BCUT2D eigenvalue weighted by atomic mass is 10.3. The van der Waals surface area contributed by atoms with E-state index in [1.54, 1.807) is 0 Å². The highest BCUT2D eigenvalue weighted by Gasteiger charge is 2.44. The van der Waals surface area contributed by atoms with Gasteiger partial charge in [0.2, 0.25) is 0 Å². The van der Waals surface area contributed by atoms with E-state index in [-0.39, 0.29) is 5.78 Å². The number of rotatable bonds is 1. The van der Waals surface area contributed by atoms with Crippen LogP contribution in [0.1, 0.15) is 13.8 Å². The highest BCUT2D eigenvalue weighted by Crippen LogP contribution is 2.20. The number of Topliss-reactive ketones (excluding diaryl/α,β-unsaturated/α-hetero) is 1. The van der Waals surface area contributed by atoms with Crippen molar-refractivity contribution in [2.24, 2.45) is 0 Å². The Kier molecular flexibility index (Phi) is 5.94. The molecule has 0 bridgehead atoms. The Labute approximate surface area is 78.3 Å². The largest absolute Gasteiger partial charge is 0.522 e. The van der Waals surface area contributed by atoms with Crippen LogP contribution in [-0.2, 0) is 14.9 Å². The zero-order valence-electron chi connectivity index (χ0n) is 7.24. The zero-order valence-corrected chi connectivity index (χ0v) is 8.06. The van der Waals surface area contributed by atoms with Crippen molar-refractivity contribution in [3.63, 3.8) is 0 Å². The monoisotopic (exact) mass is 238 g/mol. The lowest BCUT2D eigenvalue weighted by Gasteiger charge is -1.97. The van der Waals surface area contributed by atoms with Crippen molar-refractivity contribution in [3.05, 3.63) is 0 Å². The second kappa shape index (κ2) is 5.27. The molecule has 0 aromatic heterocycles. The summed E-state index contributed by atoms with van der Waals surface area (Å²) >= 11 is 0. The number of hydrogen-bond donors (Lipinski definition) is 2. The summed E-state index contributed by atoms with van der Waals surface area (Å²) < 4.78 is 57.5. The Balaban J connectivity index is 0. The van der Waals surface area contributed by atoms with Crippen molar-refractivity contribution < 1.29 is 36.0 Å². The summed E-state index contributed by atoms with van der Waals surface area (Å²) in [5, 5.41) is 8.28. The Hall–Kier alpha value is -0.670. The molecule has 0 aromatic rings. The van der Waals surface area contributed by atoms with Gasteiger partial charge in [0.05, 0.1) is 0 Å². The minimum Gasteiger partial charge on any atom is -0.386 e. The van der Waals surface area contributed by atoms with Crippen LogP contribution in [0.4, 0.5) is 13.2 Å². The quantitative estimate of drug-likeness (QED) is 0.508. The number of halogens is 3. The normalized spacial score (nSPS) is 13.9. The topological polar surface area (TPSA) is 91.7 Å². The van der Waals surface area contributed by atoms with Crippen LogP contribution >= 0.6 is 0 Å². The molecule has 9 heteroatoms. The van der Waals surface area contributed by atoms with E-state index in [9.17, 15) is 18.0 Å². The van der Waals surface area contributed by atoms with Crippen molar-refractivity contribution in [2.45, 2.75) is 25.5 Å². The molecule has 0 heterocycles. The van der Waals surface area contributed by atoms with Gasteiger partial charge in [0.1, 0.15) is 6.10 Å². The molecule has 86 valence electrons. The molecule has 0 rings (SSSR count). The van der Waals surface area contributed by atoms with Crippen molar-refractivity contribution in [1.29, 1.82) is 0 Å². The van der Waals surface area contributed by atoms with Gasteiger partial charge in [0.25, 0.3) is 0 Å². The minimum absolute atomic E-state index is 0.185. The molecule has 0 fully saturated rings. The molecular weight excluding hydrogens is 229 g/mol. The first kappa shape index (κ1) is 15.8. The number of aliphatic hydroxyl groups is 1. The van der Waals surface area contributed by atoms with Crippen LogP contribution in [0.3, 0.4) is 0 Å². The van der Waals surface area contributed by atoms with Gasteiger partial charge in [-0.05, 0) is 13.8 Å². The molecule has 5 nitrogen and oxygen atoms in total. The Morgan fingerprint density at radius 3 is 1.50 bits per heavy atom. The molecule has 0 radical (unpaired) electrons. The Morgan fingerprint density at radius 1 is 1.36 bits per heavy atom. The van der Waals surface area contributed by atoms with Gasteiger partial charge in [-0.15, -0.1) is 0 Å². The number of carbonyl (C=O) groups is 1. The second-order valence-corrected chi connectivity index (χ2v) is 3.62. The maximum absolute atomic E-state index is 10.7. The summed E-state index contributed by atoms with van der Waals surface area (Å²) in [5.41, 5.74) is -5.53. The van der Waals surface area contributed by atoms with Gasteiger partial charge >= 0.3 is 15.6 Å². The molecule has 0 aliphatic carbocycles. The van der Waals surface area contributed by atoms with Crippen molar-refractivity contribution in [2.75, 3.05) is 0 Å². The number of carbonyl (C=O) groups excluding carboxylic acids is 1. The molecule has 0 aromatic carbocycles. The van der Waals surface area contributed by atoms with Gasteiger partial charge in [-0.2, -0.15) is 21.6 Å². The summed E-state index contributed by atoms with van der Waals surface area (Å²) in [4.78, 5) is 9.89. The molecule has 0 spiro atoms. The van der Waals surface area contributed by atoms with Crippen LogP contribution in [0.15, 0.2) is 0 Å². The average molecular weight is 238 g/mol. The van der Waals surface area contributed by atoms with E-state index in [1.165, 1.54) is 13.8 Å². The van der Waals surface area contributed by atoms with Crippen LogP contribution < -0.4 is 0 Å². The summed E-state index contributed by atoms with van der Waals surface area (Å²) in [6.45, 7) is 2.80. The Bertz CT molecular complexity index is 278. The van der Waals surface area contributed by atoms with Crippen LogP contribution in [-0.4, -0.2) is 35.5 Å². The van der Waals surface area contributed by atoms with E-state index in [0.717, 1.165) is 0 Å². The van der Waals surface area contributed by atoms with Gasteiger partial charge in [-0.25, -0.2) is 0 Å². The third-order valence-corrected chi connectivity index (χ3v) is 1.47. The first-order valence-corrected chi connectivity index (χ1v) is 4.56. The van der Waals surface area contributed by atoms with E-state index in [4.69, 9.17) is 18.1 Å². The van der Waals surface area contributed by atoms with Gasteiger partial charge in [0, 0.05) is 0 Å². The number of ketones is 1. The minimum atomic E-state index is -5.84. The van der Waals surface area contributed by atoms with Crippen LogP contribution in [0.2, 0.25) is 0 Å². The second-order valence-electron chi connectivity index (χ2n) is 2.21. The van der Waals surface area contributed by atoms with Gasteiger partial charge in [-0.1, -0.05) is 0 Å². The van der Waals surface area contributed by atoms with Crippen molar-refractivity contribution in [1.82, 2.24) is 0 Å². The van der Waals surface area contributed by atoms with E-state index in [1.807, 2.05) is 0 Å². The fourth-order valence-electron chi connectivity index (χ4n) is 0. The maximum atomic E-state index is 10.7. The third-order valence-electron chi connectivity index (χ3n) is 0.881. The average Bonchev–Trinajstić information content (AvgIpc) is 1.83. The van der Waals surface area contributed by atoms with Crippen LogP contribution in [0, 0.1) is 0 Å². The van der Waals surface area contributed by atoms with Crippen LogP contribution in [0.5, 0.6) is 0 Å². The molecule has 0 aliphatic rings. The number of alkyl halides is 3.